The maximum absolute atomic E-state index is 14.1. The third-order valence-corrected chi connectivity index (χ3v) is 3.99. The highest BCUT2D eigenvalue weighted by Crippen LogP contribution is 2.30. The molecule has 0 amide bonds. The van der Waals surface area contributed by atoms with Crippen LogP contribution in [0.25, 0.3) is 0 Å². The van der Waals surface area contributed by atoms with Gasteiger partial charge in [0.25, 0.3) is 0 Å². The van der Waals surface area contributed by atoms with E-state index >= 15 is 0 Å². The van der Waals surface area contributed by atoms with E-state index < -0.39 is 11.6 Å². The Morgan fingerprint density at radius 3 is 2.35 bits per heavy atom. The lowest BCUT2D eigenvalue weighted by molar-refractivity contribution is 0.562. The first-order valence-electron chi connectivity index (χ1n) is 6.54. The summed E-state index contributed by atoms with van der Waals surface area (Å²) in [5.41, 5.74) is 2.89. The summed E-state index contributed by atoms with van der Waals surface area (Å²) in [6.07, 6.45) is 0.798. The molecule has 1 heterocycles. The van der Waals surface area contributed by atoms with Crippen molar-refractivity contribution in [2.24, 2.45) is 0 Å². The Balaban J connectivity index is 1.96. The van der Waals surface area contributed by atoms with Crippen LogP contribution in [0.1, 0.15) is 16.7 Å². The topological polar surface area (TPSA) is 3.24 Å². The van der Waals surface area contributed by atoms with E-state index in [1.54, 1.807) is 4.90 Å². The maximum atomic E-state index is 14.1. The zero-order chi connectivity index (χ0) is 14.1. The third-order valence-electron chi connectivity index (χ3n) is 3.68. The molecule has 20 heavy (non-hydrogen) atoms. The molecule has 4 heteroatoms. The van der Waals surface area contributed by atoms with Gasteiger partial charge in [0.15, 0.2) is 0 Å². The van der Waals surface area contributed by atoms with Gasteiger partial charge in [-0.05, 0) is 35.2 Å². The molecule has 0 fully saturated rings. The quantitative estimate of drug-likeness (QED) is 0.748. The molecule has 0 radical (unpaired) electrons. The Bertz CT molecular complexity index is 619. The summed E-state index contributed by atoms with van der Waals surface area (Å²) in [6, 6.07) is 10.6. The summed E-state index contributed by atoms with van der Waals surface area (Å²) in [5.74, 6) is -0.975. The average Bonchev–Trinajstić information content (AvgIpc) is 2.46. The molecule has 0 spiro atoms. The fourth-order valence-corrected chi connectivity index (χ4v) is 2.84. The van der Waals surface area contributed by atoms with E-state index in [1.165, 1.54) is 17.7 Å². The van der Waals surface area contributed by atoms with Crippen LogP contribution in [0, 0.1) is 11.6 Å². The number of anilines is 1. The Labute approximate surface area is 121 Å². The summed E-state index contributed by atoms with van der Waals surface area (Å²) in [7, 11) is 0. The molecule has 0 saturated heterocycles. The lowest BCUT2D eigenvalue weighted by Crippen LogP contribution is -2.31. The van der Waals surface area contributed by atoms with Crippen molar-refractivity contribution in [3.05, 3.63) is 64.7 Å². The van der Waals surface area contributed by atoms with Crippen molar-refractivity contribution in [2.75, 3.05) is 11.4 Å². The van der Waals surface area contributed by atoms with Crippen molar-refractivity contribution >= 4 is 17.3 Å². The van der Waals surface area contributed by atoms with Crippen LogP contribution in [-0.2, 0) is 18.8 Å². The summed E-state index contributed by atoms with van der Waals surface area (Å²) >= 11 is 5.63. The van der Waals surface area contributed by atoms with E-state index in [9.17, 15) is 8.78 Å². The SMILES string of the molecule is Fc1cc(CCl)cc(F)c1N1CCc2ccccc2C1. The van der Waals surface area contributed by atoms with E-state index in [-0.39, 0.29) is 11.6 Å². The van der Waals surface area contributed by atoms with Crippen molar-refractivity contribution in [1.82, 2.24) is 0 Å². The van der Waals surface area contributed by atoms with Crippen LogP contribution in [-0.4, -0.2) is 6.54 Å². The Morgan fingerprint density at radius 1 is 1.05 bits per heavy atom. The summed E-state index contributed by atoms with van der Waals surface area (Å²) in [5, 5.41) is 0. The fraction of sp³-hybridized carbons (Fsp3) is 0.250. The van der Waals surface area contributed by atoms with Crippen LogP contribution in [0.15, 0.2) is 36.4 Å². The molecular formula is C16H14ClF2N. The van der Waals surface area contributed by atoms with Crippen LogP contribution < -0.4 is 4.90 Å². The zero-order valence-electron chi connectivity index (χ0n) is 10.9. The minimum Gasteiger partial charge on any atom is -0.362 e. The van der Waals surface area contributed by atoms with Crippen molar-refractivity contribution in [2.45, 2.75) is 18.8 Å². The second-order valence-electron chi connectivity index (χ2n) is 4.98. The average molecular weight is 294 g/mol. The lowest BCUT2D eigenvalue weighted by atomic mass is 9.99. The molecule has 0 bridgehead atoms. The first kappa shape index (κ1) is 13.4. The standard InChI is InChI=1S/C16H14ClF2N/c17-9-11-7-14(18)16(15(19)8-11)20-6-5-12-3-1-2-4-13(12)10-20/h1-4,7-8H,5-6,9-10H2. The highest BCUT2D eigenvalue weighted by molar-refractivity contribution is 6.17. The third kappa shape index (κ3) is 2.38. The molecular weight excluding hydrogens is 280 g/mol. The molecule has 0 aromatic heterocycles. The normalized spacial score (nSPS) is 14.2. The zero-order valence-corrected chi connectivity index (χ0v) is 11.6. The van der Waals surface area contributed by atoms with E-state index in [2.05, 4.69) is 6.07 Å². The number of alkyl halides is 1. The van der Waals surface area contributed by atoms with E-state index in [1.807, 2.05) is 18.2 Å². The van der Waals surface area contributed by atoms with Crippen LogP contribution >= 0.6 is 11.6 Å². The second kappa shape index (κ2) is 5.41. The number of fused-ring (bicyclic) bond motifs is 1. The minimum atomic E-state index is -0.542. The smallest absolute Gasteiger partial charge is 0.149 e. The fourth-order valence-electron chi connectivity index (χ4n) is 2.68. The van der Waals surface area contributed by atoms with Gasteiger partial charge in [-0.3, -0.25) is 0 Å². The number of nitrogens with zero attached hydrogens (tertiary/aromatic N) is 1. The number of rotatable bonds is 2. The van der Waals surface area contributed by atoms with Crippen LogP contribution in [0.4, 0.5) is 14.5 Å². The summed E-state index contributed by atoms with van der Waals surface area (Å²) < 4.78 is 28.2. The molecule has 0 unspecified atom stereocenters. The molecule has 104 valence electrons. The Hall–Kier alpha value is -1.61. The number of halogens is 3. The largest absolute Gasteiger partial charge is 0.362 e. The number of benzene rings is 2. The Morgan fingerprint density at radius 2 is 1.70 bits per heavy atom. The molecule has 2 aromatic rings. The van der Waals surface area contributed by atoms with Gasteiger partial charge in [0.1, 0.15) is 17.3 Å². The molecule has 1 aliphatic heterocycles. The minimum absolute atomic E-state index is 0.0494. The van der Waals surface area contributed by atoms with E-state index in [0.29, 0.717) is 18.7 Å². The van der Waals surface area contributed by atoms with Gasteiger partial charge in [-0.25, -0.2) is 8.78 Å². The van der Waals surface area contributed by atoms with E-state index in [0.717, 1.165) is 12.0 Å². The highest BCUT2D eigenvalue weighted by atomic mass is 35.5. The molecule has 0 N–H and O–H groups in total. The van der Waals surface area contributed by atoms with Crippen molar-refractivity contribution in [3.8, 4) is 0 Å². The molecule has 0 saturated carbocycles. The molecule has 1 aliphatic rings. The molecule has 2 aromatic carbocycles. The lowest BCUT2D eigenvalue weighted by Gasteiger charge is -2.31. The van der Waals surface area contributed by atoms with Gasteiger partial charge in [-0.2, -0.15) is 0 Å². The second-order valence-corrected chi connectivity index (χ2v) is 5.25. The van der Waals surface area contributed by atoms with Crippen molar-refractivity contribution in [1.29, 1.82) is 0 Å². The van der Waals surface area contributed by atoms with Crippen molar-refractivity contribution in [3.63, 3.8) is 0 Å². The van der Waals surface area contributed by atoms with E-state index in [4.69, 9.17) is 11.6 Å². The van der Waals surface area contributed by atoms with Crippen LogP contribution in [0.5, 0.6) is 0 Å². The summed E-state index contributed by atoms with van der Waals surface area (Å²) in [4.78, 5) is 1.75. The maximum Gasteiger partial charge on any atom is 0.149 e. The monoisotopic (exact) mass is 293 g/mol. The molecule has 3 rings (SSSR count). The predicted molar refractivity (Wildman–Crippen MR) is 77.1 cm³/mol. The van der Waals surface area contributed by atoms with Gasteiger partial charge in [-0.1, -0.05) is 24.3 Å². The number of hydrogen-bond donors (Lipinski definition) is 0. The van der Waals surface area contributed by atoms with Crippen LogP contribution in [0.3, 0.4) is 0 Å². The van der Waals surface area contributed by atoms with Crippen LogP contribution in [0.2, 0.25) is 0 Å². The predicted octanol–water partition coefficient (Wildman–Crippen LogP) is 4.27. The first-order chi connectivity index (χ1) is 9.69. The summed E-state index contributed by atoms with van der Waals surface area (Å²) in [6.45, 7) is 1.15. The number of hydrogen-bond acceptors (Lipinski definition) is 1. The molecule has 0 aliphatic carbocycles. The van der Waals surface area contributed by atoms with Gasteiger partial charge >= 0.3 is 0 Å². The molecule has 0 atom stereocenters. The Kier molecular flexibility index (Phi) is 3.62. The molecule has 1 nitrogen and oxygen atoms in total. The van der Waals surface area contributed by atoms with Gasteiger partial charge in [-0.15, -0.1) is 11.6 Å². The van der Waals surface area contributed by atoms with Gasteiger partial charge in [0.05, 0.1) is 0 Å². The highest BCUT2D eigenvalue weighted by Gasteiger charge is 2.22. The first-order valence-corrected chi connectivity index (χ1v) is 7.08. The van der Waals surface area contributed by atoms with Gasteiger partial charge < -0.3 is 4.90 Å². The van der Waals surface area contributed by atoms with Gasteiger partial charge in [0.2, 0.25) is 0 Å². The van der Waals surface area contributed by atoms with Gasteiger partial charge in [0, 0.05) is 19.0 Å². The van der Waals surface area contributed by atoms with Crippen molar-refractivity contribution < 1.29 is 8.78 Å².